The van der Waals surface area contributed by atoms with Gasteiger partial charge in [-0.2, -0.15) is 0 Å². The molecular formula is C18H24Cl2O4. The van der Waals surface area contributed by atoms with Gasteiger partial charge in [0.1, 0.15) is 35.5 Å². The van der Waals surface area contributed by atoms with E-state index in [0.29, 0.717) is 19.8 Å². The first-order chi connectivity index (χ1) is 11.6. The molecule has 1 aromatic carbocycles. The Bertz CT molecular complexity index is 540. The van der Waals surface area contributed by atoms with Crippen molar-refractivity contribution in [1.29, 1.82) is 0 Å². The van der Waals surface area contributed by atoms with Crippen LogP contribution in [0.3, 0.4) is 0 Å². The van der Waals surface area contributed by atoms with E-state index >= 15 is 0 Å². The normalized spacial score (nSPS) is 10.3. The highest BCUT2D eigenvalue weighted by Crippen LogP contribution is 2.30. The van der Waals surface area contributed by atoms with Crippen molar-refractivity contribution in [2.24, 2.45) is 0 Å². The molecule has 0 radical (unpaired) electrons. The second kappa shape index (κ2) is 12.2. The lowest BCUT2D eigenvalue weighted by atomic mass is 10.1. The van der Waals surface area contributed by atoms with E-state index < -0.39 is 0 Å². The predicted octanol–water partition coefficient (Wildman–Crippen LogP) is 4.63. The number of halogens is 2. The third kappa shape index (κ3) is 8.04. The van der Waals surface area contributed by atoms with E-state index in [9.17, 15) is 4.79 Å². The first-order valence-electron chi connectivity index (χ1n) is 8.00. The lowest BCUT2D eigenvalue weighted by Gasteiger charge is -2.15. The Kier molecular flexibility index (Phi) is 10.6. The number of benzene rings is 1. The van der Waals surface area contributed by atoms with Crippen molar-refractivity contribution >= 4 is 29.5 Å². The molecule has 1 aromatic rings. The topological polar surface area (TPSA) is 44.8 Å². The summed E-state index contributed by atoms with van der Waals surface area (Å²) < 4.78 is 16.9. The van der Waals surface area contributed by atoms with E-state index in [-0.39, 0.29) is 11.1 Å². The molecule has 0 atom stereocenters. The second-order valence-corrected chi connectivity index (χ2v) is 6.19. The quantitative estimate of drug-likeness (QED) is 0.395. The van der Waals surface area contributed by atoms with E-state index in [2.05, 4.69) is 6.92 Å². The SMILES string of the molecule is CCc1cc(OCC=C(Cl)Cl)cc(C)c1OCCCCOCC=O. The Morgan fingerprint density at radius 3 is 2.54 bits per heavy atom. The third-order valence-electron chi connectivity index (χ3n) is 3.31. The highest BCUT2D eigenvalue weighted by Gasteiger charge is 2.09. The fourth-order valence-electron chi connectivity index (χ4n) is 2.18. The van der Waals surface area contributed by atoms with Gasteiger partial charge in [0.05, 0.1) is 6.61 Å². The van der Waals surface area contributed by atoms with Crippen LogP contribution in [0.25, 0.3) is 0 Å². The second-order valence-electron chi connectivity index (χ2n) is 5.18. The maximum Gasteiger partial charge on any atom is 0.145 e. The van der Waals surface area contributed by atoms with Gasteiger partial charge in [-0.1, -0.05) is 30.1 Å². The monoisotopic (exact) mass is 374 g/mol. The minimum Gasteiger partial charge on any atom is -0.493 e. The smallest absolute Gasteiger partial charge is 0.145 e. The zero-order chi connectivity index (χ0) is 17.8. The minimum atomic E-state index is 0.158. The standard InChI is InChI=1S/C18H24Cl2O4/c1-3-15-13-16(23-10-6-17(19)20)12-14(2)18(15)24-9-5-4-8-22-11-7-21/h6-7,12-13H,3-5,8-11H2,1-2H3. The van der Waals surface area contributed by atoms with Crippen molar-refractivity contribution in [2.45, 2.75) is 33.1 Å². The molecular weight excluding hydrogens is 351 g/mol. The molecule has 0 spiro atoms. The number of aryl methyl sites for hydroxylation is 2. The fraction of sp³-hybridized carbons (Fsp3) is 0.500. The molecule has 134 valence electrons. The Morgan fingerprint density at radius 1 is 1.12 bits per heavy atom. The largest absolute Gasteiger partial charge is 0.493 e. The first-order valence-corrected chi connectivity index (χ1v) is 8.75. The van der Waals surface area contributed by atoms with Gasteiger partial charge in [0.15, 0.2) is 0 Å². The lowest BCUT2D eigenvalue weighted by molar-refractivity contribution is -0.111. The number of aldehydes is 1. The highest BCUT2D eigenvalue weighted by molar-refractivity contribution is 6.55. The molecule has 1 rings (SSSR count). The molecule has 0 aliphatic heterocycles. The molecule has 0 N–H and O–H groups in total. The van der Waals surface area contributed by atoms with Crippen LogP contribution in [-0.2, 0) is 16.0 Å². The zero-order valence-electron chi connectivity index (χ0n) is 14.1. The van der Waals surface area contributed by atoms with E-state index in [1.807, 2.05) is 19.1 Å². The third-order valence-corrected chi connectivity index (χ3v) is 3.62. The molecule has 0 fully saturated rings. The average molecular weight is 375 g/mol. The van der Waals surface area contributed by atoms with Crippen molar-refractivity contribution in [3.05, 3.63) is 33.8 Å². The van der Waals surface area contributed by atoms with Crippen LogP contribution in [0, 0.1) is 6.92 Å². The number of hydrogen-bond donors (Lipinski definition) is 0. The molecule has 0 saturated carbocycles. The predicted molar refractivity (Wildman–Crippen MR) is 97.5 cm³/mol. The van der Waals surface area contributed by atoms with Gasteiger partial charge in [-0.3, -0.25) is 0 Å². The molecule has 0 unspecified atom stereocenters. The molecule has 4 nitrogen and oxygen atoms in total. The van der Waals surface area contributed by atoms with Gasteiger partial charge >= 0.3 is 0 Å². The lowest BCUT2D eigenvalue weighted by Crippen LogP contribution is -2.05. The van der Waals surface area contributed by atoms with Gasteiger partial charge in [0, 0.05) is 6.61 Å². The first kappa shape index (κ1) is 20.8. The van der Waals surface area contributed by atoms with Gasteiger partial charge < -0.3 is 19.0 Å². The summed E-state index contributed by atoms with van der Waals surface area (Å²) in [5, 5.41) is 0. The molecule has 0 aromatic heterocycles. The number of rotatable bonds is 12. The van der Waals surface area contributed by atoms with Crippen LogP contribution in [-0.4, -0.2) is 32.7 Å². The van der Waals surface area contributed by atoms with Gasteiger partial charge in [-0.25, -0.2) is 0 Å². The van der Waals surface area contributed by atoms with Crippen LogP contribution >= 0.6 is 23.2 Å². The summed E-state index contributed by atoms with van der Waals surface area (Å²) in [5.74, 6) is 1.68. The van der Waals surface area contributed by atoms with E-state index in [4.69, 9.17) is 37.4 Å². The summed E-state index contributed by atoms with van der Waals surface area (Å²) in [6, 6.07) is 3.92. The Labute approximate surface area is 153 Å². The number of unbranched alkanes of at least 4 members (excludes halogenated alkanes) is 1. The van der Waals surface area contributed by atoms with Crippen molar-refractivity contribution < 1.29 is 19.0 Å². The van der Waals surface area contributed by atoms with Gasteiger partial charge in [0.25, 0.3) is 0 Å². The summed E-state index contributed by atoms with van der Waals surface area (Å²) in [6.45, 7) is 5.75. The molecule has 0 amide bonds. The minimum absolute atomic E-state index is 0.158. The summed E-state index contributed by atoms with van der Waals surface area (Å²) in [7, 11) is 0. The summed E-state index contributed by atoms with van der Waals surface area (Å²) in [6.07, 6.45) is 4.94. The number of hydrogen-bond acceptors (Lipinski definition) is 4. The van der Waals surface area contributed by atoms with E-state index in [1.54, 1.807) is 6.08 Å². The number of carbonyl (C=O) groups excluding carboxylic acids is 1. The maximum absolute atomic E-state index is 10.1. The molecule has 0 aliphatic rings. The van der Waals surface area contributed by atoms with Crippen LogP contribution in [0.5, 0.6) is 11.5 Å². The molecule has 0 bridgehead atoms. The van der Waals surface area contributed by atoms with Crippen molar-refractivity contribution in [2.75, 3.05) is 26.4 Å². The number of carbonyl (C=O) groups is 1. The van der Waals surface area contributed by atoms with Crippen molar-refractivity contribution in [3.63, 3.8) is 0 Å². The van der Waals surface area contributed by atoms with Crippen LogP contribution in [0.4, 0.5) is 0 Å². The van der Waals surface area contributed by atoms with Crippen LogP contribution in [0.15, 0.2) is 22.7 Å². The average Bonchev–Trinajstić information content (AvgIpc) is 2.54. The van der Waals surface area contributed by atoms with Crippen LogP contribution < -0.4 is 9.47 Å². The maximum atomic E-state index is 10.1. The molecule has 0 aliphatic carbocycles. The van der Waals surface area contributed by atoms with E-state index in [1.165, 1.54) is 0 Å². The number of ether oxygens (including phenoxy) is 3. The summed E-state index contributed by atoms with van der Waals surface area (Å²) in [4.78, 5) is 10.1. The van der Waals surface area contributed by atoms with Crippen molar-refractivity contribution in [3.8, 4) is 11.5 Å². The van der Waals surface area contributed by atoms with Crippen LogP contribution in [0.1, 0.15) is 30.9 Å². The highest BCUT2D eigenvalue weighted by atomic mass is 35.5. The zero-order valence-corrected chi connectivity index (χ0v) is 15.7. The van der Waals surface area contributed by atoms with E-state index in [0.717, 1.165) is 48.2 Å². The fourth-order valence-corrected chi connectivity index (χ4v) is 2.30. The molecule has 0 saturated heterocycles. The van der Waals surface area contributed by atoms with Gasteiger partial charge in [-0.15, -0.1) is 0 Å². The molecule has 0 heterocycles. The summed E-state index contributed by atoms with van der Waals surface area (Å²) in [5.41, 5.74) is 2.13. The van der Waals surface area contributed by atoms with Gasteiger partial charge in [-0.05, 0) is 55.5 Å². The van der Waals surface area contributed by atoms with Crippen LogP contribution in [0.2, 0.25) is 0 Å². The Balaban J connectivity index is 2.54. The summed E-state index contributed by atoms with van der Waals surface area (Å²) >= 11 is 11.1. The molecule has 6 heteroatoms. The Hall–Kier alpha value is -1.23. The molecule has 24 heavy (non-hydrogen) atoms. The van der Waals surface area contributed by atoms with Crippen molar-refractivity contribution in [1.82, 2.24) is 0 Å². The Morgan fingerprint density at radius 2 is 1.88 bits per heavy atom. The van der Waals surface area contributed by atoms with Gasteiger partial charge in [0.2, 0.25) is 0 Å².